The molecule has 2 heteroatoms. The summed E-state index contributed by atoms with van der Waals surface area (Å²) < 4.78 is 0. The number of aryl methyl sites for hydroxylation is 1. The molecule has 0 amide bonds. The van der Waals surface area contributed by atoms with Gasteiger partial charge in [-0.25, -0.2) is 0 Å². The van der Waals surface area contributed by atoms with Crippen molar-refractivity contribution in [1.29, 1.82) is 0 Å². The Balaban J connectivity index is 1.91. The number of Topliss-reactive ketones (excluding diaryl/α,β-unsaturated/α-hetero) is 2. The third-order valence-corrected chi connectivity index (χ3v) is 5.08. The van der Waals surface area contributed by atoms with Crippen LogP contribution in [0.2, 0.25) is 0 Å². The Kier molecular flexibility index (Phi) is 5.97. The van der Waals surface area contributed by atoms with Gasteiger partial charge in [-0.3, -0.25) is 9.59 Å². The summed E-state index contributed by atoms with van der Waals surface area (Å²) in [7, 11) is 0. The van der Waals surface area contributed by atoms with Crippen LogP contribution in [0.1, 0.15) is 51.1 Å². The molecule has 0 aliphatic carbocycles. The standard InChI is InChI=1S/C25H24O2/c1-18-13-15-20(16-14-18)23(17-24(26)21-9-5-3-6-10-21)19(2)25(27)22-11-7-4-8-12-22/h3-16,19,23H,17H2,1-2H3/t19-,23-/m1/s1. The van der Waals surface area contributed by atoms with E-state index in [9.17, 15) is 9.59 Å². The number of ketones is 2. The topological polar surface area (TPSA) is 34.1 Å². The SMILES string of the molecule is Cc1ccc([C@H](CC(=O)c2ccccc2)[C@@H](C)C(=O)c2ccccc2)cc1. The van der Waals surface area contributed by atoms with Crippen LogP contribution in [0, 0.1) is 12.8 Å². The highest BCUT2D eigenvalue weighted by Crippen LogP contribution is 2.32. The van der Waals surface area contributed by atoms with E-state index in [4.69, 9.17) is 0 Å². The van der Waals surface area contributed by atoms with Gasteiger partial charge >= 0.3 is 0 Å². The van der Waals surface area contributed by atoms with Gasteiger partial charge in [-0.2, -0.15) is 0 Å². The molecule has 2 nitrogen and oxygen atoms in total. The quantitative estimate of drug-likeness (QED) is 0.496. The second kappa shape index (κ2) is 8.59. The molecule has 0 heterocycles. The average Bonchev–Trinajstić information content (AvgIpc) is 2.73. The maximum atomic E-state index is 13.0. The van der Waals surface area contributed by atoms with E-state index in [1.807, 2.05) is 98.8 Å². The lowest BCUT2D eigenvalue weighted by molar-refractivity contribution is 0.0888. The Morgan fingerprint density at radius 2 is 1.26 bits per heavy atom. The van der Waals surface area contributed by atoms with Gasteiger partial charge in [0.25, 0.3) is 0 Å². The van der Waals surface area contributed by atoms with Gasteiger partial charge in [0.2, 0.25) is 0 Å². The molecule has 3 aromatic rings. The summed E-state index contributed by atoms with van der Waals surface area (Å²) in [5.41, 5.74) is 3.57. The van der Waals surface area contributed by atoms with Gasteiger partial charge in [0, 0.05) is 29.4 Å². The first kappa shape index (κ1) is 18.8. The Morgan fingerprint density at radius 3 is 1.81 bits per heavy atom. The van der Waals surface area contributed by atoms with Crippen LogP contribution in [0.15, 0.2) is 84.9 Å². The molecule has 0 aliphatic heterocycles. The molecule has 0 aromatic heterocycles. The van der Waals surface area contributed by atoms with E-state index in [2.05, 4.69) is 0 Å². The van der Waals surface area contributed by atoms with Gasteiger partial charge in [0.15, 0.2) is 11.6 Å². The molecule has 27 heavy (non-hydrogen) atoms. The zero-order valence-corrected chi connectivity index (χ0v) is 15.8. The lowest BCUT2D eigenvalue weighted by Crippen LogP contribution is -2.22. The zero-order valence-electron chi connectivity index (χ0n) is 15.8. The predicted molar refractivity (Wildman–Crippen MR) is 109 cm³/mol. The molecule has 0 bridgehead atoms. The molecule has 2 atom stereocenters. The minimum absolute atomic E-state index is 0.0638. The largest absolute Gasteiger partial charge is 0.294 e. The van der Waals surface area contributed by atoms with Gasteiger partial charge in [-0.1, -0.05) is 97.4 Å². The van der Waals surface area contributed by atoms with Crippen molar-refractivity contribution in [2.45, 2.75) is 26.2 Å². The van der Waals surface area contributed by atoms with Crippen LogP contribution in [0.5, 0.6) is 0 Å². The third kappa shape index (κ3) is 4.59. The molecule has 3 rings (SSSR count). The monoisotopic (exact) mass is 356 g/mol. The summed E-state index contributed by atoms with van der Waals surface area (Å²) in [5.74, 6) is -0.315. The number of hydrogen-bond donors (Lipinski definition) is 0. The Bertz CT molecular complexity index is 896. The van der Waals surface area contributed by atoms with Crippen molar-refractivity contribution in [3.63, 3.8) is 0 Å². The van der Waals surface area contributed by atoms with Crippen molar-refractivity contribution in [3.05, 3.63) is 107 Å². The van der Waals surface area contributed by atoms with E-state index in [-0.39, 0.29) is 23.4 Å². The number of carbonyl (C=O) groups is 2. The number of carbonyl (C=O) groups excluding carboxylic acids is 2. The molecule has 0 saturated heterocycles. The lowest BCUT2D eigenvalue weighted by Gasteiger charge is -2.23. The summed E-state index contributed by atoms with van der Waals surface area (Å²) in [6.07, 6.45) is 0.312. The van der Waals surface area contributed by atoms with Crippen LogP contribution in [-0.4, -0.2) is 11.6 Å². The van der Waals surface area contributed by atoms with E-state index < -0.39 is 0 Å². The second-order valence-corrected chi connectivity index (χ2v) is 7.03. The first-order valence-electron chi connectivity index (χ1n) is 9.30. The van der Waals surface area contributed by atoms with E-state index in [0.29, 0.717) is 17.5 Å². The average molecular weight is 356 g/mol. The smallest absolute Gasteiger partial charge is 0.166 e. The molecule has 0 fully saturated rings. The molecular formula is C25H24O2. The fraction of sp³-hybridized carbons (Fsp3) is 0.200. The Hall–Kier alpha value is -3.00. The molecule has 0 unspecified atom stereocenters. The first-order chi connectivity index (χ1) is 13.1. The van der Waals surface area contributed by atoms with Gasteiger partial charge in [-0.15, -0.1) is 0 Å². The Labute approximate surface area is 160 Å². The van der Waals surface area contributed by atoms with Crippen LogP contribution >= 0.6 is 0 Å². The van der Waals surface area contributed by atoms with Crippen molar-refractivity contribution in [2.24, 2.45) is 5.92 Å². The van der Waals surface area contributed by atoms with Gasteiger partial charge in [-0.05, 0) is 12.5 Å². The van der Waals surface area contributed by atoms with Gasteiger partial charge in [0.1, 0.15) is 0 Å². The molecule has 0 radical (unpaired) electrons. The highest BCUT2D eigenvalue weighted by molar-refractivity contribution is 6.00. The zero-order chi connectivity index (χ0) is 19.2. The number of benzene rings is 3. The summed E-state index contributed by atoms with van der Waals surface area (Å²) in [4.78, 5) is 25.9. The number of rotatable bonds is 7. The van der Waals surface area contributed by atoms with E-state index in [0.717, 1.165) is 11.1 Å². The van der Waals surface area contributed by atoms with Crippen LogP contribution in [0.3, 0.4) is 0 Å². The van der Waals surface area contributed by atoms with Crippen molar-refractivity contribution in [1.82, 2.24) is 0 Å². The predicted octanol–water partition coefficient (Wildman–Crippen LogP) is 5.87. The highest BCUT2D eigenvalue weighted by atomic mass is 16.1. The second-order valence-electron chi connectivity index (χ2n) is 7.03. The lowest BCUT2D eigenvalue weighted by atomic mass is 9.78. The summed E-state index contributed by atoms with van der Waals surface area (Å²) >= 11 is 0. The van der Waals surface area contributed by atoms with Crippen LogP contribution in [0.25, 0.3) is 0 Å². The van der Waals surface area contributed by atoms with E-state index in [1.54, 1.807) is 0 Å². The highest BCUT2D eigenvalue weighted by Gasteiger charge is 2.28. The summed E-state index contributed by atoms with van der Waals surface area (Å²) in [5, 5.41) is 0. The van der Waals surface area contributed by atoms with Crippen molar-refractivity contribution >= 4 is 11.6 Å². The maximum absolute atomic E-state index is 13.0. The molecule has 0 saturated carbocycles. The number of hydrogen-bond acceptors (Lipinski definition) is 2. The normalized spacial score (nSPS) is 13.0. The van der Waals surface area contributed by atoms with Crippen molar-refractivity contribution in [2.75, 3.05) is 0 Å². The molecule has 3 aromatic carbocycles. The van der Waals surface area contributed by atoms with E-state index in [1.165, 1.54) is 0 Å². The fourth-order valence-electron chi connectivity index (χ4n) is 3.39. The van der Waals surface area contributed by atoms with Crippen molar-refractivity contribution < 1.29 is 9.59 Å². The molecule has 0 aliphatic rings. The minimum Gasteiger partial charge on any atom is -0.294 e. The van der Waals surface area contributed by atoms with Crippen LogP contribution in [0.4, 0.5) is 0 Å². The molecular weight excluding hydrogens is 332 g/mol. The van der Waals surface area contributed by atoms with Gasteiger partial charge in [0.05, 0.1) is 0 Å². The summed E-state index contributed by atoms with van der Waals surface area (Å²) in [6.45, 7) is 3.96. The van der Waals surface area contributed by atoms with E-state index >= 15 is 0 Å². The molecule has 0 spiro atoms. The Morgan fingerprint density at radius 1 is 0.741 bits per heavy atom. The van der Waals surface area contributed by atoms with Crippen LogP contribution in [-0.2, 0) is 0 Å². The minimum atomic E-state index is -0.289. The maximum Gasteiger partial charge on any atom is 0.166 e. The summed E-state index contributed by atoms with van der Waals surface area (Å²) in [6, 6.07) is 26.8. The first-order valence-corrected chi connectivity index (χ1v) is 9.30. The molecule has 136 valence electrons. The molecule has 0 N–H and O–H groups in total. The third-order valence-electron chi connectivity index (χ3n) is 5.08. The van der Waals surface area contributed by atoms with Crippen molar-refractivity contribution in [3.8, 4) is 0 Å². The fourth-order valence-corrected chi connectivity index (χ4v) is 3.39. The van der Waals surface area contributed by atoms with Gasteiger partial charge < -0.3 is 0 Å². The van der Waals surface area contributed by atoms with Crippen LogP contribution < -0.4 is 0 Å².